The van der Waals surface area contributed by atoms with E-state index in [1.54, 1.807) is 11.0 Å². The number of hydrogen-bond acceptors (Lipinski definition) is 7. The minimum atomic E-state index is -1.27. The number of amides is 1. The molecular weight excluding hydrogens is 422 g/mol. The molecule has 1 saturated carbocycles. The highest BCUT2D eigenvalue weighted by molar-refractivity contribution is 5.95. The van der Waals surface area contributed by atoms with Crippen molar-refractivity contribution in [3.63, 3.8) is 0 Å². The Morgan fingerprint density at radius 2 is 2.03 bits per heavy atom. The number of nitrogens with zero attached hydrogens (tertiary/aromatic N) is 2. The quantitative estimate of drug-likeness (QED) is 0.538. The summed E-state index contributed by atoms with van der Waals surface area (Å²) < 4.78 is 6.25. The molecule has 176 valence electrons. The monoisotopic (exact) mass is 453 g/mol. The molecule has 1 amide bonds. The van der Waals surface area contributed by atoms with Crippen molar-refractivity contribution in [2.75, 3.05) is 26.2 Å². The Bertz CT molecular complexity index is 1100. The first-order valence-corrected chi connectivity index (χ1v) is 12.3. The summed E-state index contributed by atoms with van der Waals surface area (Å²) in [6.45, 7) is 2.76. The lowest BCUT2D eigenvalue weighted by Crippen LogP contribution is -2.75. The largest absolute Gasteiger partial charge is 0.508 e. The molecule has 3 heterocycles. The first-order chi connectivity index (χ1) is 15.8. The number of hydrogen-bond donors (Lipinski definition) is 4. The van der Waals surface area contributed by atoms with Crippen LogP contribution in [0, 0.1) is 5.92 Å². The van der Waals surface area contributed by atoms with Gasteiger partial charge in [0.2, 0.25) is 0 Å². The number of phenols is 1. The van der Waals surface area contributed by atoms with Gasteiger partial charge in [0, 0.05) is 43.7 Å². The molecule has 0 radical (unpaired) electrons. The van der Waals surface area contributed by atoms with Crippen LogP contribution in [0.25, 0.3) is 0 Å². The Labute approximate surface area is 192 Å². The van der Waals surface area contributed by atoms with E-state index < -0.39 is 17.1 Å². The van der Waals surface area contributed by atoms with Crippen molar-refractivity contribution in [2.24, 2.45) is 11.7 Å². The predicted octanol–water partition coefficient (Wildman–Crippen LogP) is 0.938. The van der Waals surface area contributed by atoms with Gasteiger partial charge in [-0.25, -0.2) is 0 Å². The predicted molar refractivity (Wildman–Crippen MR) is 119 cm³/mol. The molecule has 2 bridgehead atoms. The Morgan fingerprint density at radius 3 is 2.76 bits per heavy atom. The summed E-state index contributed by atoms with van der Waals surface area (Å²) >= 11 is 0. The van der Waals surface area contributed by atoms with Gasteiger partial charge < -0.3 is 30.7 Å². The van der Waals surface area contributed by atoms with Gasteiger partial charge in [0.15, 0.2) is 17.6 Å². The second-order valence-corrected chi connectivity index (χ2v) is 11.1. The van der Waals surface area contributed by atoms with Crippen molar-refractivity contribution in [2.45, 2.75) is 67.7 Å². The average Bonchev–Trinajstić information content (AvgIpc) is 3.37. The molecule has 2 saturated heterocycles. The second-order valence-electron chi connectivity index (χ2n) is 11.1. The lowest BCUT2D eigenvalue weighted by Gasteiger charge is -2.62. The molecule has 1 spiro atoms. The van der Waals surface area contributed by atoms with Gasteiger partial charge in [0.05, 0.1) is 16.6 Å². The molecule has 5 N–H and O–H groups in total. The highest BCUT2D eigenvalue weighted by atomic mass is 16.5. The van der Waals surface area contributed by atoms with Crippen LogP contribution in [0.15, 0.2) is 23.5 Å². The van der Waals surface area contributed by atoms with Crippen molar-refractivity contribution < 1.29 is 24.9 Å². The summed E-state index contributed by atoms with van der Waals surface area (Å²) in [7, 11) is 0. The van der Waals surface area contributed by atoms with Gasteiger partial charge in [-0.15, -0.1) is 0 Å². The molecule has 3 aliphatic heterocycles. The fourth-order valence-corrected chi connectivity index (χ4v) is 7.52. The van der Waals surface area contributed by atoms with Gasteiger partial charge in [-0.1, -0.05) is 6.07 Å². The minimum Gasteiger partial charge on any atom is -0.508 e. The van der Waals surface area contributed by atoms with E-state index in [4.69, 9.17) is 10.5 Å². The third kappa shape index (κ3) is 2.44. The molecule has 33 heavy (non-hydrogen) atoms. The van der Waals surface area contributed by atoms with Crippen LogP contribution in [0.2, 0.25) is 0 Å². The lowest BCUT2D eigenvalue weighted by molar-refractivity contribution is -0.173. The molecule has 3 aliphatic carbocycles. The van der Waals surface area contributed by atoms with Crippen LogP contribution in [0.1, 0.15) is 43.2 Å². The van der Waals surface area contributed by atoms with E-state index in [-0.39, 0.29) is 41.5 Å². The Balaban J connectivity index is 1.39. The van der Waals surface area contributed by atoms with Crippen molar-refractivity contribution >= 4 is 5.91 Å². The summed E-state index contributed by atoms with van der Waals surface area (Å²) in [6, 6.07) is 3.34. The number of piperidine rings is 1. The molecule has 0 aromatic heterocycles. The van der Waals surface area contributed by atoms with Gasteiger partial charge in [-0.3, -0.25) is 9.69 Å². The molecule has 0 unspecified atom stereocenters. The number of ether oxygens (including phenoxy) is 1. The third-order valence-corrected chi connectivity index (χ3v) is 9.29. The smallest absolute Gasteiger partial charge is 0.253 e. The molecular formula is C25H31N3O5. The Morgan fingerprint density at radius 1 is 1.21 bits per heavy atom. The van der Waals surface area contributed by atoms with E-state index in [1.165, 1.54) is 12.8 Å². The van der Waals surface area contributed by atoms with Crippen LogP contribution >= 0.6 is 0 Å². The summed E-state index contributed by atoms with van der Waals surface area (Å²) in [4.78, 5) is 17.6. The number of carbonyl (C=O) groups is 1. The number of phenolic OH excluding ortho intramolecular Hbond substituents is 1. The number of likely N-dealkylation sites (tertiary alicyclic amines) is 2. The highest BCUT2D eigenvalue weighted by Gasteiger charge is 2.73. The van der Waals surface area contributed by atoms with Crippen molar-refractivity contribution in [1.29, 1.82) is 0 Å². The summed E-state index contributed by atoms with van der Waals surface area (Å²) in [6.07, 6.45) is 3.65. The fourth-order valence-electron chi connectivity index (χ4n) is 7.52. The Kier molecular flexibility index (Phi) is 3.92. The van der Waals surface area contributed by atoms with Crippen molar-refractivity contribution in [3.8, 4) is 11.5 Å². The zero-order chi connectivity index (χ0) is 22.7. The summed E-state index contributed by atoms with van der Waals surface area (Å²) in [5.41, 5.74) is 6.04. The molecule has 1 aromatic rings. The van der Waals surface area contributed by atoms with Crippen LogP contribution in [0.4, 0.5) is 0 Å². The Hall–Kier alpha value is -2.29. The third-order valence-electron chi connectivity index (χ3n) is 9.29. The molecule has 6 aliphatic rings. The van der Waals surface area contributed by atoms with Crippen LogP contribution < -0.4 is 10.5 Å². The van der Waals surface area contributed by atoms with E-state index in [1.807, 2.05) is 6.07 Å². The number of rotatable bonds is 3. The number of aliphatic hydroxyl groups excluding tert-OH is 1. The van der Waals surface area contributed by atoms with Crippen molar-refractivity contribution in [3.05, 3.63) is 34.6 Å². The topological polar surface area (TPSA) is 119 Å². The first kappa shape index (κ1) is 20.1. The van der Waals surface area contributed by atoms with E-state index >= 15 is 0 Å². The van der Waals surface area contributed by atoms with Crippen LogP contribution in [-0.4, -0.2) is 81.0 Å². The average molecular weight is 454 g/mol. The fraction of sp³-hybridized carbons (Fsp3) is 0.640. The highest BCUT2D eigenvalue weighted by Crippen LogP contribution is 2.66. The maximum absolute atomic E-state index is 13.5. The number of carbonyl (C=O) groups excluding carboxylic acids is 1. The SMILES string of the molecule is N[C@@H]1CCN(C(=O)C2=C(O)[C@@H]3Oc4c(O)ccc5c4[C@@]34CCN(CC3CC3)[C@H](C5)[C@]4(O)C2)C1. The molecule has 8 nitrogen and oxygen atoms in total. The number of nitrogens with two attached hydrogens (primary N) is 1. The van der Waals surface area contributed by atoms with E-state index in [9.17, 15) is 20.1 Å². The van der Waals surface area contributed by atoms with Crippen molar-refractivity contribution in [1.82, 2.24) is 9.80 Å². The zero-order valence-corrected chi connectivity index (χ0v) is 18.7. The standard InChI is InChI=1S/C25H31N3O5/c26-15-5-7-28(12-15)23(31)16-10-25(32)18-9-14-3-4-17(29)21-19(14)24(25,22(33-21)20(16)30)6-8-27(18)11-13-1-2-13/h3-4,13,15,18,22,29-30,32H,1-2,5-12,26H2/t15-,18-,22+,24+,25-/m1/s1. The van der Waals surface area contributed by atoms with Gasteiger partial charge in [-0.2, -0.15) is 0 Å². The minimum absolute atomic E-state index is 0.0185. The number of aliphatic hydroxyl groups is 2. The van der Waals surface area contributed by atoms with Crippen LogP contribution in [-0.2, 0) is 16.6 Å². The maximum atomic E-state index is 13.5. The molecule has 3 fully saturated rings. The van der Waals surface area contributed by atoms with E-state index in [0.29, 0.717) is 37.6 Å². The van der Waals surface area contributed by atoms with E-state index in [0.717, 1.165) is 30.6 Å². The van der Waals surface area contributed by atoms with Crippen LogP contribution in [0.3, 0.4) is 0 Å². The number of benzene rings is 1. The lowest BCUT2D eigenvalue weighted by atomic mass is 9.49. The van der Waals surface area contributed by atoms with Gasteiger partial charge >= 0.3 is 0 Å². The van der Waals surface area contributed by atoms with E-state index in [2.05, 4.69) is 4.90 Å². The summed E-state index contributed by atoms with van der Waals surface area (Å²) in [5, 5.41) is 34.7. The van der Waals surface area contributed by atoms with Gasteiger partial charge in [-0.05, 0) is 56.2 Å². The van der Waals surface area contributed by atoms with Gasteiger partial charge in [0.1, 0.15) is 5.76 Å². The second kappa shape index (κ2) is 6.43. The number of aromatic hydroxyl groups is 1. The summed E-state index contributed by atoms with van der Waals surface area (Å²) in [5.74, 6) is 0.696. The normalized spacial score (nSPS) is 39.0. The van der Waals surface area contributed by atoms with Gasteiger partial charge in [0.25, 0.3) is 5.91 Å². The first-order valence-electron chi connectivity index (χ1n) is 12.3. The maximum Gasteiger partial charge on any atom is 0.253 e. The molecule has 1 aromatic carbocycles. The van der Waals surface area contributed by atoms with Crippen LogP contribution in [0.5, 0.6) is 11.5 Å². The molecule has 5 atom stereocenters. The molecule has 7 rings (SSSR count). The zero-order valence-electron chi connectivity index (χ0n) is 18.7. The molecule has 8 heteroatoms.